The second kappa shape index (κ2) is 8.09. The lowest BCUT2D eigenvalue weighted by molar-refractivity contribution is -0.138. The predicted octanol–water partition coefficient (Wildman–Crippen LogP) is 1.65. The first-order chi connectivity index (χ1) is 9.45. The standard InChI is InChI=1S/C14H26N2O4/c1-11(2)10-15(7-8-20-3)14(19)16-6-4-5-12(16)9-13(17)18/h11-12H,4-10H2,1-3H3,(H,17,18). The van der Waals surface area contributed by atoms with Crippen molar-refractivity contribution < 1.29 is 19.4 Å². The number of carbonyl (C=O) groups is 2. The number of carboxylic acids is 1. The van der Waals surface area contributed by atoms with Crippen molar-refractivity contribution in [2.45, 2.75) is 39.2 Å². The summed E-state index contributed by atoms with van der Waals surface area (Å²) in [5.74, 6) is -0.474. The lowest BCUT2D eigenvalue weighted by atomic mass is 10.1. The maximum Gasteiger partial charge on any atom is 0.320 e. The summed E-state index contributed by atoms with van der Waals surface area (Å²) >= 11 is 0. The Balaban J connectivity index is 2.68. The molecule has 0 aromatic heterocycles. The van der Waals surface area contributed by atoms with Gasteiger partial charge in [0.15, 0.2) is 0 Å². The quantitative estimate of drug-likeness (QED) is 0.772. The van der Waals surface area contributed by atoms with Crippen molar-refractivity contribution in [2.24, 2.45) is 5.92 Å². The van der Waals surface area contributed by atoms with Crippen molar-refractivity contribution in [3.05, 3.63) is 0 Å². The van der Waals surface area contributed by atoms with Gasteiger partial charge in [0.25, 0.3) is 0 Å². The van der Waals surface area contributed by atoms with E-state index >= 15 is 0 Å². The summed E-state index contributed by atoms with van der Waals surface area (Å²) in [6.07, 6.45) is 1.69. The number of hydrogen-bond donors (Lipinski definition) is 1. The fourth-order valence-electron chi connectivity index (χ4n) is 2.59. The molecular weight excluding hydrogens is 260 g/mol. The zero-order valence-corrected chi connectivity index (χ0v) is 12.7. The Morgan fingerprint density at radius 2 is 2.15 bits per heavy atom. The molecule has 0 aromatic rings. The highest BCUT2D eigenvalue weighted by Crippen LogP contribution is 2.22. The molecule has 0 spiro atoms. The van der Waals surface area contributed by atoms with E-state index in [-0.39, 0.29) is 18.5 Å². The van der Waals surface area contributed by atoms with Crippen molar-refractivity contribution in [1.29, 1.82) is 0 Å². The van der Waals surface area contributed by atoms with Crippen LogP contribution in [0.4, 0.5) is 4.79 Å². The molecule has 116 valence electrons. The minimum Gasteiger partial charge on any atom is -0.481 e. The minimum atomic E-state index is -0.845. The summed E-state index contributed by atoms with van der Waals surface area (Å²) in [7, 11) is 1.61. The van der Waals surface area contributed by atoms with E-state index in [0.717, 1.165) is 12.8 Å². The zero-order chi connectivity index (χ0) is 15.1. The first-order valence-electron chi connectivity index (χ1n) is 7.22. The number of ether oxygens (including phenoxy) is 1. The Morgan fingerprint density at radius 3 is 2.70 bits per heavy atom. The first kappa shape index (κ1) is 16.8. The summed E-state index contributed by atoms with van der Waals surface area (Å²) in [5.41, 5.74) is 0. The summed E-state index contributed by atoms with van der Waals surface area (Å²) in [6.45, 7) is 6.48. The maximum atomic E-state index is 12.6. The van der Waals surface area contributed by atoms with Crippen LogP contribution in [-0.2, 0) is 9.53 Å². The highest BCUT2D eigenvalue weighted by atomic mass is 16.5. The van der Waals surface area contributed by atoms with Crippen molar-refractivity contribution in [1.82, 2.24) is 9.80 Å². The van der Waals surface area contributed by atoms with E-state index in [4.69, 9.17) is 9.84 Å². The number of aliphatic carboxylic acids is 1. The molecule has 1 fully saturated rings. The molecule has 1 rings (SSSR count). The van der Waals surface area contributed by atoms with Gasteiger partial charge >= 0.3 is 12.0 Å². The van der Waals surface area contributed by atoms with Gasteiger partial charge in [0.2, 0.25) is 0 Å². The third kappa shape index (κ3) is 5.00. The van der Waals surface area contributed by atoms with E-state index in [9.17, 15) is 9.59 Å². The van der Waals surface area contributed by atoms with Gasteiger partial charge in [-0.2, -0.15) is 0 Å². The van der Waals surface area contributed by atoms with Crippen LogP contribution in [0, 0.1) is 5.92 Å². The number of likely N-dealkylation sites (tertiary alicyclic amines) is 1. The number of methoxy groups -OCH3 is 1. The number of urea groups is 1. The second-order valence-electron chi connectivity index (χ2n) is 5.70. The molecular formula is C14H26N2O4. The molecule has 0 aliphatic carbocycles. The fourth-order valence-corrected chi connectivity index (χ4v) is 2.59. The van der Waals surface area contributed by atoms with Crippen LogP contribution in [0.1, 0.15) is 33.1 Å². The van der Waals surface area contributed by atoms with E-state index in [1.807, 2.05) is 0 Å². The van der Waals surface area contributed by atoms with Crippen LogP contribution >= 0.6 is 0 Å². The average Bonchev–Trinajstić information content (AvgIpc) is 2.80. The second-order valence-corrected chi connectivity index (χ2v) is 5.70. The number of carbonyl (C=O) groups excluding carboxylic acids is 1. The molecule has 0 radical (unpaired) electrons. The SMILES string of the molecule is COCCN(CC(C)C)C(=O)N1CCCC1CC(=O)O. The van der Waals surface area contributed by atoms with Gasteiger partial charge in [-0.3, -0.25) is 4.79 Å². The Morgan fingerprint density at radius 1 is 1.45 bits per heavy atom. The molecule has 0 saturated carbocycles. The Bertz CT molecular complexity index is 333. The molecule has 1 aliphatic rings. The molecule has 20 heavy (non-hydrogen) atoms. The van der Waals surface area contributed by atoms with Gasteiger partial charge in [-0.05, 0) is 18.8 Å². The summed E-state index contributed by atoms with van der Waals surface area (Å²) < 4.78 is 5.05. The number of rotatable bonds is 7. The lowest BCUT2D eigenvalue weighted by Gasteiger charge is -2.32. The van der Waals surface area contributed by atoms with Gasteiger partial charge < -0.3 is 19.6 Å². The highest BCUT2D eigenvalue weighted by Gasteiger charge is 2.33. The molecule has 6 heteroatoms. The predicted molar refractivity (Wildman–Crippen MR) is 75.7 cm³/mol. The Hall–Kier alpha value is -1.30. The maximum absolute atomic E-state index is 12.6. The Labute approximate surface area is 120 Å². The van der Waals surface area contributed by atoms with Gasteiger partial charge in [0.05, 0.1) is 13.0 Å². The van der Waals surface area contributed by atoms with E-state index in [0.29, 0.717) is 32.2 Å². The highest BCUT2D eigenvalue weighted by molar-refractivity contribution is 5.76. The smallest absolute Gasteiger partial charge is 0.320 e. The number of hydrogen-bond acceptors (Lipinski definition) is 3. The van der Waals surface area contributed by atoms with Crippen molar-refractivity contribution in [2.75, 3.05) is 33.4 Å². The monoisotopic (exact) mass is 286 g/mol. The molecule has 0 bridgehead atoms. The van der Waals surface area contributed by atoms with Gasteiger partial charge in [0, 0.05) is 32.8 Å². The average molecular weight is 286 g/mol. The molecule has 1 heterocycles. The molecule has 1 atom stereocenters. The van der Waals surface area contributed by atoms with Crippen LogP contribution in [0.3, 0.4) is 0 Å². The van der Waals surface area contributed by atoms with Gasteiger partial charge in [-0.15, -0.1) is 0 Å². The summed E-state index contributed by atoms with van der Waals surface area (Å²) in [6, 6.07) is -0.225. The molecule has 1 saturated heterocycles. The van der Waals surface area contributed by atoms with Crippen LogP contribution in [0.2, 0.25) is 0 Å². The molecule has 6 nitrogen and oxygen atoms in total. The van der Waals surface area contributed by atoms with Crippen LogP contribution in [0.25, 0.3) is 0 Å². The molecule has 1 aliphatic heterocycles. The van der Waals surface area contributed by atoms with Crippen LogP contribution < -0.4 is 0 Å². The first-order valence-corrected chi connectivity index (χ1v) is 7.22. The van der Waals surface area contributed by atoms with E-state index < -0.39 is 5.97 Å². The molecule has 0 aromatic carbocycles. The molecule has 1 N–H and O–H groups in total. The normalized spacial score (nSPS) is 18.6. The Kier molecular flexibility index (Phi) is 6.78. The lowest BCUT2D eigenvalue weighted by Crippen LogP contribution is -2.48. The van der Waals surface area contributed by atoms with E-state index in [2.05, 4.69) is 13.8 Å². The molecule has 1 unspecified atom stereocenters. The van der Waals surface area contributed by atoms with Crippen molar-refractivity contribution in [3.63, 3.8) is 0 Å². The number of amides is 2. The zero-order valence-electron chi connectivity index (χ0n) is 12.7. The van der Waals surface area contributed by atoms with Crippen LogP contribution in [0.15, 0.2) is 0 Å². The van der Waals surface area contributed by atoms with E-state index in [1.54, 1.807) is 16.9 Å². The van der Waals surface area contributed by atoms with E-state index in [1.165, 1.54) is 0 Å². The minimum absolute atomic E-state index is 0.0333. The number of nitrogens with zero attached hydrogens (tertiary/aromatic N) is 2. The third-order valence-corrected chi connectivity index (χ3v) is 3.45. The van der Waals surface area contributed by atoms with Crippen LogP contribution in [-0.4, -0.2) is 66.3 Å². The largest absolute Gasteiger partial charge is 0.481 e. The topological polar surface area (TPSA) is 70.1 Å². The summed E-state index contributed by atoms with van der Waals surface area (Å²) in [5, 5.41) is 8.93. The summed E-state index contributed by atoms with van der Waals surface area (Å²) in [4.78, 5) is 26.9. The third-order valence-electron chi connectivity index (χ3n) is 3.45. The fraction of sp³-hybridized carbons (Fsp3) is 0.857. The molecule has 2 amide bonds. The van der Waals surface area contributed by atoms with Gasteiger partial charge in [-0.25, -0.2) is 4.79 Å². The van der Waals surface area contributed by atoms with Crippen molar-refractivity contribution >= 4 is 12.0 Å². The van der Waals surface area contributed by atoms with Gasteiger partial charge in [0.1, 0.15) is 0 Å². The number of carboxylic acid groups (broad SMARTS) is 1. The van der Waals surface area contributed by atoms with Crippen LogP contribution in [0.5, 0.6) is 0 Å². The van der Waals surface area contributed by atoms with Crippen molar-refractivity contribution in [3.8, 4) is 0 Å². The van der Waals surface area contributed by atoms with Gasteiger partial charge in [-0.1, -0.05) is 13.8 Å².